The zero-order valence-electron chi connectivity index (χ0n) is 26.3. The molecule has 0 fully saturated rings. The van der Waals surface area contributed by atoms with Gasteiger partial charge >= 0.3 is 47.8 Å². The van der Waals surface area contributed by atoms with Gasteiger partial charge in [0.25, 0.3) is 0 Å². The first-order valence-electron chi connectivity index (χ1n) is 14.8. The third-order valence-electron chi connectivity index (χ3n) is 6.18. The number of aliphatic carboxylic acids is 4. The molecule has 0 rings (SSSR count). The number of carbonyl (C=O) groups is 4. The Morgan fingerprint density at radius 3 is 0.850 bits per heavy atom. The standard InChI is InChI=1S/3C8H16O2.C6H12O2.2Sn/c3*1-3-5-6-7(4-2)8(9)10;1-2-3-4-5-6(7)8;;/h3*7H,3-6H2,1-2H3,(H,9,10);2-5H2,1H3,(H,7,8);;/q;;;;2*+2/p-4. The Labute approximate surface area is 278 Å². The van der Waals surface area contributed by atoms with E-state index in [4.69, 9.17) is 0 Å². The van der Waals surface area contributed by atoms with Crippen LogP contribution in [0.2, 0.25) is 0 Å². The van der Waals surface area contributed by atoms with Crippen LogP contribution in [0.4, 0.5) is 0 Å². The topological polar surface area (TPSA) is 161 Å². The van der Waals surface area contributed by atoms with Gasteiger partial charge in [-0.2, -0.15) is 0 Å². The van der Waals surface area contributed by atoms with Gasteiger partial charge in [-0.25, -0.2) is 0 Å². The predicted octanol–water partition coefficient (Wildman–Crippen LogP) is 2.41. The predicted molar refractivity (Wildman–Crippen MR) is 156 cm³/mol. The zero-order chi connectivity index (χ0) is 30.4. The van der Waals surface area contributed by atoms with Gasteiger partial charge in [0.2, 0.25) is 0 Å². The minimum absolute atomic E-state index is 0. The molecule has 3 unspecified atom stereocenters. The summed E-state index contributed by atoms with van der Waals surface area (Å²) in [6, 6.07) is 0. The second-order valence-corrected chi connectivity index (χ2v) is 9.53. The monoisotopic (exact) mass is 784 g/mol. The number of carboxylic acids is 4. The van der Waals surface area contributed by atoms with Crippen molar-refractivity contribution in [2.24, 2.45) is 17.8 Å². The first-order valence-corrected chi connectivity index (χ1v) is 14.8. The van der Waals surface area contributed by atoms with Crippen molar-refractivity contribution < 1.29 is 39.6 Å². The first-order chi connectivity index (χ1) is 17.9. The van der Waals surface area contributed by atoms with E-state index in [0.29, 0.717) is 19.3 Å². The number of unbranched alkanes of at least 4 members (excludes halogenated alkanes) is 5. The Bertz CT molecular complexity index is 512. The average Bonchev–Trinajstić information content (AvgIpc) is 2.86. The summed E-state index contributed by atoms with van der Waals surface area (Å²) in [4.78, 5) is 40.7. The van der Waals surface area contributed by atoms with Crippen molar-refractivity contribution in [2.45, 2.75) is 151 Å². The molecular formula is C30H56O8Sn2. The molecular weight excluding hydrogens is 726 g/mol. The molecule has 3 atom stereocenters. The van der Waals surface area contributed by atoms with Crippen molar-refractivity contribution in [3.05, 3.63) is 0 Å². The van der Waals surface area contributed by atoms with E-state index in [1.807, 2.05) is 27.7 Å². The van der Waals surface area contributed by atoms with Crippen molar-refractivity contribution in [3.8, 4) is 0 Å². The fraction of sp³-hybridized carbons (Fsp3) is 0.867. The molecule has 0 bridgehead atoms. The number of carbonyl (C=O) groups excluding carboxylic acids is 4. The molecule has 10 heteroatoms. The van der Waals surface area contributed by atoms with E-state index in [9.17, 15) is 39.6 Å². The SMILES string of the molecule is CCCCC(CC)C(=O)[O-].CCCCC(CC)C(=O)[O-].CCCCC(CC)C(=O)[O-].CCCCCC(=O)[O-].[Sn+2].[Sn+2]. The molecule has 0 aromatic carbocycles. The van der Waals surface area contributed by atoms with Crippen LogP contribution in [0.15, 0.2) is 0 Å². The van der Waals surface area contributed by atoms with Crippen LogP contribution >= 0.6 is 0 Å². The average molecular weight is 782 g/mol. The summed E-state index contributed by atoms with van der Waals surface area (Å²) < 4.78 is 0. The molecule has 0 aliphatic rings. The molecule has 0 heterocycles. The quantitative estimate of drug-likeness (QED) is 0.143. The van der Waals surface area contributed by atoms with E-state index in [2.05, 4.69) is 20.8 Å². The molecule has 0 aromatic heterocycles. The van der Waals surface area contributed by atoms with Gasteiger partial charge in [-0.3, -0.25) is 0 Å². The van der Waals surface area contributed by atoms with E-state index in [0.717, 1.165) is 77.0 Å². The molecule has 8 nitrogen and oxygen atoms in total. The number of rotatable bonds is 19. The van der Waals surface area contributed by atoms with Crippen LogP contribution in [0.3, 0.4) is 0 Å². The molecule has 0 N–H and O–H groups in total. The van der Waals surface area contributed by atoms with E-state index >= 15 is 0 Å². The molecule has 0 aliphatic heterocycles. The molecule has 0 amide bonds. The number of hydrogen-bond donors (Lipinski definition) is 0. The summed E-state index contributed by atoms with van der Waals surface area (Å²) in [6.07, 6.45) is 13.6. The van der Waals surface area contributed by atoms with Gasteiger partial charge in [0.05, 0.1) is 0 Å². The number of hydrogen-bond acceptors (Lipinski definition) is 8. The van der Waals surface area contributed by atoms with E-state index in [-0.39, 0.29) is 72.0 Å². The largest absolute Gasteiger partial charge is 2.00 e. The fourth-order valence-corrected chi connectivity index (χ4v) is 3.34. The van der Waals surface area contributed by atoms with Gasteiger partial charge in [-0.15, -0.1) is 0 Å². The molecule has 0 saturated carbocycles. The summed E-state index contributed by atoms with van der Waals surface area (Å²) in [6.45, 7) is 13.9. The van der Waals surface area contributed by atoms with Crippen LogP contribution in [0.5, 0.6) is 0 Å². The minimum Gasteiger partial charge on any atom is -0.550 e. The van der Waals surface area contributed by atoms with Crippen LogP contribution in [0.1, 0.15) is 151 Å². The maximum Gasteiger partial charge on any atom is 2.00 e. The van der Waals surface area contributed by atoms with E-state index in [1.54, 1.807) is 0 Å². The van der Waals surface area contributed by atoms with Crippen molar-refractivity contribution in [1.29, 1.82) is 0 Å². The van der Waals surface area contributed by atoms with Crippen molar-refractivity contribution in [3.63, 3.8) is 0 Å². The Balaban J connectivity index is -0.0000000951. The van der Waals surface area contributed by atoms with Gasteiger partial charge < -0.3 is 39.6 Å². The normalized spacial score (nSPS) is 11.6. The molecule has 232 valence electrons. The van der Waals surface area contributed by atoms with E-state index in [1.165, 1.54) is 0 Å². The maximum absolute atomic E-state index is 10.3. The second-order valence-electron chi connectivity index (χ2n) is 9.53. The van der Waals surface area contributed by atoms with Crippen LogP contribution in [-0.2, 0) is 19.2 Å². The Hall–Kier alpha value is -0.523. The summed E-state index contributed by atoms with van der Waals surface area (Å²) in [7, 11) is 0. The molecule has 0 saturated heterocycles. The first kappa shape index (κ1) is 52.2. The number of carboxylic acid groups (broad SMARTS) is 4. The van der Waals surface area contributed by atoms with Gasteiger partial charge in [0, 0.05) is 23.9 Å². The summed E-state index contributed by atoms with van der Waals surface area (Å²) >= 11 is 0. The minimum atomic E-state index is -0.932. The fourth-order valence-electron chi connectivity index (χ4n) is 3.34. The summed E-state index contributed by atoms with van der Waals surface area (Å²) in [5.41, 5.74) is 0. The second kappa shape index (κ2) is 40.6. The van der Waals surface area contributed by atoms with Gasteiger partial charge in [0.15, 0.2) is 0 Å². The summed E-state index contributed by atoms with van der Waals surface area (Å²) in [5.74, 6) is -4.28. The molecule has 4 radical (unpaired) electrons. The van der Waals surface area contributed by atoms with E-state index < -0.39 is 23.9 Å². The summed E-state index contributed by atoms with van der Waals surface area (Å²) in [5, 5.41) is 40.7. The van der Waals surface area contributed by atoms with Crippen LogP contribution < -0.4 is 20.4 Å². The molecule has 0 aromatic rings. The third-order valence-corrected chi connectivity index (χ3v) is 6.18. The van der Waals surface area contributed by atoms with Crippen LogP contribution in [0, 0.1) is 17.8 Å². The Morgan fingerprint density at radius 1 is 0.450 bits per heavy atom. The van der Waals surface area contributed by atoms with Gasteiger partial charge in [-0.1, -0.05) is 99.8 Å². The molecule has 0 aliphatic carbocycles. The van der Waals surface area contributed by atoms with Crippen molar-refractivity contribution >= 4 is 71.7 Å². The maximum atomic E-state index is 10.3. The Morgan fingerprint density at radius 2 is 0.700 bits per heavy atom. The Kier molecular flexibility index (Phi) is 53.0. The molecule has 0 spiro atoms. The van der Waals surface area contributed by atoms with Gasteiger partial charge in [-0.05, 0) is 69.1 Å². The van der Waals surface area contributed by atoms with Crippen molar-refractivity contribution in [2.75, 3.05) is 0 Å². The zero-order valence-corrected chi connectivity index (χ0v) is 32.0. The molecule has 40 heavy (non-hydrogen) atoms. The third kappa shape index (κ3) is 42.0. The van der Waals surface area contributed by atoms with Crippen LogP contribution in [-0.4, -0.2) is 71.7 Å². The van der Waals surface area contributed by atoms with Crippen LogP contribution in [0.25, 0.3) is 0 Å². The smallest absolute Gasteiger partial charge is 0.550 e. The van der Waals surface area contributed by atoms with Gasteiger partial charge in [0.1, 0.15) is 0 Å². The van der Waals surface area contributed by atoms with Crippen molar-refractivity contribution in [1.82, 2.24) is 0 Å².